The van der Waals surface area contributed by atoms with E-state index in [-0.39, 0.29) is 41.6 Å². The Balaban J connectivity index is 1.43. The third kappa shape index (κ3) is 5.60. The number of carbonyl (C=O) groups excluding carboxylic acids is 3. The number of hydrogen-bond acceptors (Lipinski definition) is 6. The van der Waals surface area contributed by atoms with E-state index < -0.39 is 34.6 Å². The highest BCUT2D eigenvalue weighted by atomic mass is 79.9. The summed E-state index contributed by atoms with van der Waals surface area (Å²) in [7, 11) is 0. The molecule has 3 saturated heterocycles. The van der Waals surface area contributed by atoms with Gasteiger partial charge in [0.1, 0.15) is 6.04 Å². The second-order valence-electron chi connectivity index (χ2n) is 12.2. The number of thioether (sulfide) groups is 1. The summed E-state index contributed by atoms with van der Waals surface area (Å²) in [4.78, 5) is 46.8. The Labute approximate surface area is 282 Å². The van der Waals surface area contributed by atoms with E-state index in [1.54, 1.807) is 27.6 Å². The molecule has 3 unspecified atom stereocenters. The molecule has 7 nitrogen and oxygen atoms in total. The van der Waals surface area contributed by atoms with Crippen LogP contribution in [0.1, 0.15) is 37.3 Å². The molecule has 0 aliphatic carbocycles. The lowest BCUT2D eigenvalue weighted by atomic mass is 9.71. The van der Waals surface area contributed by atoms with E-state index in [1.165, 1.54) is 0 Å². The minimum absolute atomic E-state index is 0.0899. The van der Waals surface area contributed by atoms with Gasteiger partial charge < -0.3 is 19.6 Å². The second-order valence-corrected chi connectivity index (χ2v) is 15.0. The highest BCUT2D eigenvalue weighted by Crippen LogP contribution is 2.68. The number of unbranched alkanes of at least 4 members (excludes halogenated alkanes) is 2. The average molecular weight is 704 g/mol. The largest absolute Gasteiger partial charge is 0.465 e. The van der Waals surface area contributed by atoms with Crippen molar-refractivity contribution < 1.29 is 24.2 Å². The normalized spacial score (nSPS) is 27.0. The number of rotatable bonds is 13. The van der Waals surface area contributed by atoms with Crippen molar-refractivity contribution in [2.75, 3.05) is 24.7 Å². The fourth-order valence-corrected chi connectivity index (χ4v) is 11.2. The zero-order chi connectivity index (χ0) is 32.4. The van der Waals surface area contributed by atoms with E-state index in [0.29, 0.717) is 18.5 Å². The molecule has 3 aromatic rings. The third-order valence-corrected chi connectivity index (χ3v) is 12.8. The molecule has 2 amide bonds. The van der Waals surface area contributed by atoms with Gasteiger partial charge in [-0.2, -0.15) is 0 Å². The Bertz CT molecular complexity index is 1630. The molecule has 1 N–H and O–H groups in total. The number of halogens is 1. The first-order chi connectivity index (χ1) is 22.4. The monoisotopic (exact) mass is 702 g/mol. The first kappa shape index (κ1) is 32.5. The molecule has 240 valence electrons. The van der Waals surface area contributed by atoms with E-state index in [4.69, 9.17) is 4.74 Å². The zero-order valence-electron chi connectivity index (χ0n) is 25.7. The van der Waals surface area contributed by atoms with Crippen molar-refractivity contribution in [3.05, 3.63) is 104 Å². The number of fused-ring (bicyclic) bond motifs is 2. The molecule has 3 aliphatic heterocycles. The Morgan fingerprint density at radius 1 is 1.07 bits per heavy atom. The first-order valence-electron chi connectivity index (χ1n) is 15.8. The van der Waals surface area contributed by atoms with Gasteiger partial charge in [-0.05, 0) is 54.2 Å². The summed E-state index contributed by atoms with van der Waals surface area (Å²) in [5, 5.41) is 12.7. The molecule has 0 radical (unpaired) electrons. The highest BCUT2D eigenvalue weighted by molar-refractivity contribution is 9.09. The second kappa shape index (κ2) is 13.8. The lowest BCUT2D eigenvalue weighted by Gasteiger charge is -2.40. The van der Waals surface area contributed by atoms with Gasteiger partial charge in [-0.15, -0.1) is 24.9 Å². The maximum atomic E-state index is 15.1. The van der Waals surface area contributed by atoms with Crippen molar-refractivity contribution in [1.82, 2.24) is 4.90 Å². The Hall–Kier alpha value is -3.40. The number of hydrogen-bond donors (Lipinski definition) is 1. The van der Waals surface area contributed by atoms with Crippen LogP contribution in [0.15, 0.2) is 98.1 Å². The van der Waals surface area contributed by atoms with E-state index in [2.05, 4.69) is 29.1 Å². The summed E-state index contributed by atoms with van der Waals surface area (Å²) in [6.45, 7) is 7.82. The number of nitrogens with zero attached hydrogens (tertiary/aromatic N) is 2. The van der Waals surface area contributed by atoms with E-state index >= 15 is 4.79 Å². The van der Waals surface area contributed by atoms with Gasteiger partial charge in [-0.1, -0.05) is 88.7 Å². The fourth-order valence-electron chi connectivity index (χ4n) is 7.59. The summed E-state index contributed by atoms with van der Waals surface area (Å²) in [6.07, 6.45) is 6.46. The number of aliphatic hydroxyl groups is 1. The topological polar surface area (TPSA) is 87.1 Å². The summed E-state index contributed by atoms with van der Waals surface area (Å²) in [6, 6.07) is 21.4. The molecular formula is C37H39BrN2O5S. The SMILES string of the molecule is C=CCCCCOC(=O)[C@H]1[C@H]2C(=O)N([C@H](CO)c3ccccc3)C(C(=O)N(CC=C)c3ccc4ccccc4c3)C23CC(Br)[C@@H]1S3. The molecule has 0 aromatic heterocycles. The maximum absolute atomic E-state index is 15.1. The van der Waals surface area contributed by atoms with Crippen LogP contribution in [0.3, 0.4) is 0 Å². The zero-order valence-corrected chi connectivity index (χ0v) is 28.1. The maximum Gasteiger partial charge on any atom is 0.310 e. The Kier molecular flexibility index (Phi) is 9.73. The number of likely N-dealkylation sites (tertiary alicyclic amines) is 1. The number of alkyl halides is 1. The number of benzene rings is 3. The predicted molar refractivity (Wildman–Crippen MR) is 187 cm³/mol. The molecule has 1 spiro atoms. The number of ether oxygens (including phenoxy) is 1. The fraction of sp³-hybridized carbons (Fsp3) is 0.378. The number of amides is 2. The van der Waals surface area contributed by atoms with Gasteiger partial charge in [0.15, 0.2) is 0 Å². The average Bonchev–Trinajstić information content (AvgIpc) is 3.67. The summed E-state index contributed by atoms with van der Waals surface area (Å²) >= 11 is 5.40. The molecule has 46 heavy (non-hydrogen) atoms. The molecule has 3 aliphatic rings. The third-order valence-electron chi connectivity index (χ3n) is 9.60. The van der Waals surface area contributed by atoms with Crippen molar-refractivity contribution >= 4 is 61.9 Å². The van der Waals surface area contributed by atoms with Gasteiger partial charge in [-0.3, -0.25) is 14.4 Å². The van der Waals surface area contributed by atoms with Crippen LogP contribution in [0.25, 0.3) is 10.8 Å². The van der Waals surface area contributed by atoms with Gasteiger partial charge >= 0.3 is 5.97 Å². The van der Waals surface area contributed by atoms with Gasteiger partial charge in [0.25, 0.3) is 5.91 Å². The lowest BCUT2D eigenvalue weighted by Crippen LogP contribution is -2.56. The molecular weight excluding hydrogens is 664 g/mol. The summed E-state index contributed by atoms with van der Waals surface area (Å²) in [5.41, 5.74) is 1.42. The van der Waals surface area contributed by atoms with Gasteiger partial charge in [-0.25, -0.2) is 0 Å². The van der Waals surface area contributed by atoms with Crippen molar-refractivity contribution in [3.8, 4) is 0 Å². The van der Waals surface area contributed by atoms with Crippen molar-refractivity contribution in [3.63, 3.8) is 0 Å². The van der Waals surface area contributed by atoms with Crippen LogP contribution in [0.2, 0.25) is 0 Å². The van der Waals surface area contributed by atoms with Crippen LogP contribution in [-0.4, -0.2) is 68.4 Å². The Morgan fingerprint density at radius 3 is 2.52 bits per heavy atom. The van der Waals surface area contributed by atoms with Crippen molar-refractivity contribution in [2.24, 2.45) is 11.8 Å². The van der Waals surface area contributed by atoms with Crippen LogP contribution >= 0.6 is 27.7 Å². The smallest absolute Gasteiger partial charge is 0.310 e. The first-order valence-corrected chi connectivity index (χ1v) is 17.6. The Morgan fingerprint density at radius 2 is 1.80 bits per heavy atom. The molecule has 9 heteroatoms. The van der Waals surface area contributed by atoms with Crippen LogP contribution in [0.5, 0.6) is 0 Å². The standard InChI is InChI=1S/C37H39BrN2O5S/c1-3-5-6-12-20-45-36(44)30-31-34(42)40(29(23-41)25-14-8-7-9-15-25)33(37(31)22-28(38)32(30)46-37)35(43)39(19-4-2)27-18-17-24-13-10-11-16-26(24)21-27/h3-4,7-11,13-18,21,28-33,41H,1-2,5-6,12,19-20,22-23H2/t28?,29-,30+,31+,32+,33?,37?/m1/s1. The van der Waals surface area contributed by atoms with Gasteiger partial charge in [0.05, 0.1) is 35.8 Å². The van der Waals surface area contributed by atoms with Crippen LogP contribution in [0.4, 0.5) is 5.69 Å². The lowest BCUT2D eigenvalue weighted by molar-refractivity contribution is -0.154. The summed E-state index contributed by atoms with van der Waals surface area (Å²) < 4.78 is 4.90. The molecule has 0 saturated carbocycles. The van der Waals surface area contributed by atoms with Crippen molar-refractivity contribution in [2.45, 2.75) is 52.6 Å². The van der Waals surface area contributed by atoms with Gasteiger partial charge in [0, 0.05) is 22.3 Å². The minimum atomic E-state index is -0.936. The molecule has 3 heterocycles. The number of allylic oxidation sites excluding steroid dienone is 1. The molecule has 3 aromatic carbocycles. The highest BCUT2D eigenvalue weighted by Gasteiger charge is 2.76. The molecule has 6 rings (SSSR count). The number of carbonyl (C=O) groups is 3. The van der Waals surface area contributed by atoms with Crippen LogP contribution < -0.4 is 4.90 Å². The van der Waals surface area contributed by atoms with E-state index in [1.807, 2.05) is 78.9 Å². The number of anilines is 1. The van der Waals surface area contributed by atoms with Crippen LogP contribution in [0, 0.1) is 11.8 Å². The van der Waals surface area contributed by atoms with Crippen molar-refractivity contribution in [1.29, 1.82) is 0 Å². The van der Waals surface area contributed by atoms with Crippen LogP contribution in [-0.2, 0) is 19.1 Å². The quantitative estimate of drug-likeness (QED) is 0.0953. The number of aliphatic hydroxyl groups excluding tert-OH is 1. The molecule has 2 bridgehead atoms. The molecule has 7 atom stereocenters. The van der Waals surface area contributed by atoms with E-state index in [9.17, 15) is 14.7 Å². The summed E-state index contributed by atoms with van der Waals surface area (Å²) in [5.74, 6) is -2.41. The van der Waals surface area contributed by atoms with Gasteiger partial charge in [0.2, 0.25) is 5.91 Å². The molecule has 3 fully saturated rings. The minimum Gasteiger partial charge on any atom is -0.465 e. The number of esters is 1. The van der Waals surface area contributed by atoms with E-state index in [0.717, 1.165) is 29.2 Å². The predicted octanol–water partition coefficient (Wildman–Crippen LogP) is 6.46.